The van der Waals surface area contributed by atoms with E-state index in [9.17, 15) is 0 Å². The third-order valence-corrected chi connectivity index (χ3v) is 1.87. The quantitative estimate of drug-likeness (QED) is 0.413. The summed E-state index contributed by atoms with van der Waals surface area (Å²) in [5, 5.41) is 0. The second kappa shape index (κ2) is 3.70. The van der Waals surface area contributed by atoms with E-state index in [4.69, 9.17) is 22.1 Å². The summed E-state index contributed by atoms with van der Waals surface area (Å²) in [5.74, 6) is 2.69. The maximum atomic E-state index is 5.70. The molecule has 13 heavy (non-hydrogen) atoms. The number of hydrogen-bond donors (Lipinski definition) is 0. The van der Waals surface area contributed by atoms with E-state index >= 15 is 0 Å². The lowest BCUT2D eigenvalue weighted by atomic mass is 9.84. The second-order valence-electron chi connectivity index (χ2n) is 3.20. The Morgan fingerprint density at radius 1 is 1.46 bits per heavy atom. The van der Waals surface area contributed by atoms with Crippen LogP contribution in [0, 0.1) is 12.3 Å². The molecule has 0 N–H and O–H groups in total. The number of nitrogens with zero attached hydrogens (tertiary/aromatic N) is 1. The van der Waals surface area contributed by atoms with Gasteiger partial charge in [0.2, 0.25) is 0 Å². The van der Waals surface area contributed by atoms with Crippen LogP contribution in [-0.4, -0.2) is 20.7 Å². The Morgan fingerprint density at radius 3 is 2.54 bits per heavy atom. The highest BCUT2D eigenvalue weighted by atomic mass is 14.7. The number of rotatable bonds is 1. The zero-order chi connectivity index (χ0) is 10.0. The molecule has 0 aromatic carbocycles. The molecule has 1 rings (SSSR count). The number of aromatic nitrogens is 1. The van der Waals surface area contributed by atoms with Crippen LogP contribution < -0.4 is 11.1 Å². The molecule has 0 saturated carbocycles. The van der Waals surface area contributed by atoms with Crippen molar-refractivity contribution in [2.75, 3.05) is 0 Å². The normalized spacial score (nSPS) is 10.0. The summed E-state index contributed by atoms with van der Waals surface area (Å²) in [6.45, 7) is 4.06. The van der Waals surface area contributed by atoms with E-state index in [-0.39, 0.29) is 0 Å². The van der Waals surface area contributed by atoms with Crippen molar-refractivity contribution in [3.8, 4) is 12.3 Å². The predicted octanol–water partition coefficient (Wildman–Crippen LogP) is -0.226. The van der Waals surface area contributed by atoms with E-state index in [2.05, 4.69) is 10.9 Å². The van der Waals surface area contributed by atoms with Gasteiger partial charge in [0.25, 0.3) is 0 Å². The van der Waals surface area contributed by atoms with Gasteiger partial charge in [0.1, 0.15) is 21.4 Å². The number of terminal acetylenes is 1. The lowest BCUT2D eigenvalue weighted by Gasteiger charge is -2.11. The molecule has 0 atom stereocenters. The highest BCUT2D eigenvalue weighted by Gasteiger charge is 2.06. The topological polar surface area (TPSA) is 12.9 Å². The number of pyridine rings is 1. The Bertz CT molecular complexity index is 364. The smallest absolute Gasteiger partial charge is 0.142 e. The molecule has 0 spiro atoms. The second-order valence-corrected chi connectivity index (χ2v) is 3.20. The Balaban J connectivity index is 3.31. The molecule has 3 heteroatoms. The summed E-state index contributed by atoms with van der Waals surface area (Å²) >= 11 is 0. The minimum Gasteiger partial charge on any atom is -0.256 e. The van der Waals surface area contributed by atoms with E-state index in [1.54, 1.807) is 6.07 Å². The van der Waals surface area contributed by atoms with Crippen LogP contribution in [0.1, 0.15) is 31.0 Å². The fourth-order valence-corrected chi connectivity index (χ4v) is 1.14. The average molecular weight is 165 g/mol. The SMILES string of the molecule is [B]c1cc(C(C)C)c([B])nc1C#C. The number of hydrogen-bond acceptors (Lipinski definition) is 1. The molecule has 0 aliphatic carbocycles. The minimum atomic E-state index is 0.307. The summed E-state index contributed by atoms with van der Waals surface area (Å²) in [7, 11) is 11.4. The van der Waals surface area contributed by atoms with Crippen molar-refractivity contribution in [3.63, 3.8) is 0 Å². The van der Waals surface area contributed by atoms with Gasteiger partial charge in [-0.2, -0.15) is 0 Å². The summed E-state index contributed by atoms with van der Waals surface area (Å²) < 4.78 is 0. The Morgan fingerprint density at radius 2 is 2.08 bits per heavy atom. The van der Waals surface area contributed by atoms with Crippen molar-refractivity contribution in [2.24, 2.45) is 0 Å². The molecule has 0 amide bonds. The van der Waals surface area contributed by atoms with Gasteiger partial charge in [-0.25, -0.2) is 0 Å². The molecule has 0 aliphatic rings. The lowest BCUT2D eigenvalue weighted by molar-refractivity contribution is 0.869. The van der Waals surface area contributed by atoms with Crippen LogP contribution in [0.2, 0.25) is 0 Å². The van der Waals surface area contributed by atoms with E-state index < -0.39 is 0 Å². The summed E-state index contributed by atoms with van der Waals surface area (Å²) in [6.07, 6.45) is 5.20. The van der Waals surface area contributed by atoms with Crippen LogP contribution in [0.5, 0.6) is 0 Å². The van der Waals surface area contributed by atoms with Crippen molar-refractivity contribution in [3.05, 3.63) is 17.3 Å². The van der Waals surface area contributed by atoms with Gasteiger partial charge in [-0.1, -0.05) is 31.3 Å². The van der Waals surface area contributed by atoms with Crippen molar-refractivity contribution in [2.45, 2.75) is 19.8 Å². The van der Waals surface area contributed by atoms with Crippen LogP contribution >= 0.6 is 0 Å². The molecule has 0 fully saturated rings. The van der Waals surface area contributed by atoms with Crippen molar-refractivity contribution in [1.29, 1.82) is 0 Å². The molecule has 0 unspecified atom stereocenters. The molecule has 0 aliphatic heterocycles. The first-order valence-corrected chi connectivity index (χ1v) is 4.08. The summed E-state index contributed by atoms with van der Waals surface area (Å²) in [6, 6.07) is 1.79. The largest absolute Gasteiger partial charge is 0.256 e. The minimum absolute atomic E-state index is 0.307. The molecule has 0 bridgehead atoms. The van der Waals surface area contributed by atoms with Crippen LogP contribution in [0.25, 0.3) is 0 Å². The maximum absolute atomic E-state index is 5.70. The molecule has 1 aromatic rings. The van der Waals surface area contributed by atoms with Gasteiger partial charge in [-0.15, -0.1) is 6.42 Å². The highest BCUT2D eigenvalue weighted by molar-refractivity contribution is 6.36. The first kappa shape index (κ1) is 9.92. The van der Waals surface area contributed by atoms with Crippen molar-refractivity contribution >= 4 is 26.7 Å². The molecular formula is C10H9B2N. The molecule has 1 aromatic heterocycles. The Kier molecular flexibility index (Phi) is 2.83. The molecule has 1 nitrogen and oxygen atoms in total. The van der Waals surface area contributed by atoms with Crippen LogP contribution in [0.3, 0.4) is 0 Å². The van der Waals surface area contributed by atoms with Gasteiger partial charge in [-0.3, -0.25) is 4.98 Å². The first-order valence-electron chi connectivity index (χ1n) is 4.08. The van der Waals surface area contributed by atoms with Gasteiger partial charge in [-0.05, 0) is 17.1 Å². The summed E-state index contributed by atoms with van der Waals surface area (Å²) in [5.41, 5.74) is 2.34. The van der Waals surface area contributed by atoms with Gasteiger partial charge in [0.15, 0.2) is 0 Å². The van der Waals surface area contributed by atoms with E-state index in [1.807, 2.05) is 13.8 Å². The van der Waals surface area contributed by atoms with Crippen LogP contribution in [-0.2, 0) is 0 Å². The zero-order valence-electron chi connectivity index (χ0n) is 7.83. The van der Waals surface area contributed by atoms with Gasteiger partial charge < -0.3 is 0 Å². The highest BCUT2D eigenvalue weighted by Crippen LogP contribution is 2.08. The van der Waals surface area contributed by atoms with Crippen LogP contribution in [0.4, 0.5) is 0 Å². The predicted molar refractivity (Wildman–Crippen MR) is 57.0 cm³/mol. The third kappa shape index (κ3) is 1.95. The molecule has 1 heterocycles. The average Bonchev–Trinajstić information content (AvgIpc) is 2.07. The molecular weight excluding hydrogens is 156 g/mol. The van der Waals surface area contributed by atoms with Crippen LogP contribution in [0.15, 0.2) is 6.07 Å². The lowest BCUT2D eigenvalue weighted by Crippen LogP contribution is -2.24. The van der Waals surface area contributed by atoms with Crippen molar-refractivity contribution < 1.29 is 0 Å². The standard InChI is InChI=1S/C10H9B2N/c1-4-9-8(11)5-7(6(2)3)10(12)13-9/h1,5-6H,2-3H3. The van der Waals surface area contributed by atoms with E-state index in [0.717, 1.165) is 5.56 Å². The van der Waals surface area contributed by atoms with Gasteiger partial charge >= 0.3 is 0 Å². The van der Waals surface area contributed by atoms with Crippen molar-refractivity contribution in [1.82, 2.24) is 4.98 Å². The maximum Gasteiger partial charge on any atom is 0.142 e. The van der Waals surface area contributed by atoms with E-state index in [0.29, 0.717) is 22.7 Å². The molecule has 60 valence electrons. The summed E-state index contributed by atoms with van der Waals surface area (Å²) in [4.78, 5) is 4.03. The van der Waals surface area contributed by atoms with E-state index in [1.165, 1.54) is 0 Å². The fourth-order valence-electron chi connectivity index (χ4n) is 1.14. The van der Waals surface area contributed by atoms with Gasteiger partial charge in [0, 0.05) is 0 Å². The third-order valence-electron chi connectivity index (χ3n) is 1.87. The van der Waals surface area contributed by atoms with Gasteiger partial charge in [0.05, 0.1) is 0 Å². The zero-order valence-corrected chi connectivity index (χ0v) is 7.83. The fraction of sp³-hybridized carbons (Fsp3) is 0.300. The molecule has 0 saturated heterocycles. The molecule has 4 radical (unpaired) electrons. The monoisotopic (exact) mass is 165 g/mol. The Hall–Kier alpha value is -1.16. The Labute approximate surface area is 81.8 Å². The first-order chi connectivity index (χ1) is 6.06.